The highest BCUT2D eigenvalue weighted by atomic mass is 16.5. The number of rotatable bonds is 1. The summed E-state index contributed by atoms with van der Waals surface area (Å²) >= 11 is 0. The largest absolute Gasteiger partial charge is 0.377 e. The van der Waals surface area contributed by atoms with E-state index in [2.05, 4.69) is 12.2 Å². The molecule has 0 aliphatic heterocycles. The zero-order valence-electron chi connectivity index (χ0n) is 6.68. The van der Waals surface area contributed by atoms with Crippen molar-refractivity contribution in [3.05, 3.63) is 12.2 Å². The Kier molecular flexibility index (Phi) is 3.52. The SMILES string of the molecule is COC1C=CCCCCC1. The molecule has 0 amide bonds. The minimum atomic E-state index is 0.389. The van der Waals surface area contributed by atoms with Crippen LogP contribution in [0.15, 0.2) is 12.2 Å². The van der Waals surface area contributed by atoms with Crippen LogP contribution in [0.25, 0.3) is 0 Å². The number of allylic oxidation sites excluding steroid dienone is 1. The lowest BCUT2D eigenvalue weighted by Crippen LogP contribution is -2.07. The van der Waals surface area contributed by atoms with E-state index in [1.807, 2.05) is 0 Å². The van der Waals surface area contributed by atoms with Gasteiger partial charge in [0.05, 0.1) is 6.10 Å². The summed E-state index contributed by atoms with van der Waals surface area (Å²) < 4.78 is 5.24. The monoisotopic (exact) mass is 140 g/mol. The lowest BCUT2D eigenvalue weighted by atomic mass is 10.0. The van der Waals surface area contributed by atoms with Crippen molar-refractivity contribution < 1.29 is 4.74 Å². The zero-order valence-corrected chi connectivity index (χ0v) is 6.68. The summed E-state index contributed by atoms with van der Waals surface area (Å²) in [5.74, 6) is 0. The van der Waals surface area contributed by atoms with Crippen LogP contribution >= 0.6 is 0 Å². The molecular formula is C9H16O. The molecule has 58 valence electrons. The quantitative estimate of drug-likeness (QED) is 0.508. The molecule has 1 aliphatic carbocycles. The van der Waals surface area contributed by atoms with Crippen LogP contribution in [-0.2, 0) is 4.74 Å². The minimum Gasteiger partial charge on any atom is -0.377 e. The van der Waals surface area contributed by atoms with Crippen molar-refractivity contribution in [3.8, 4) is 0 Å². The molecular weight excluding hydrogens is 124 g/mol. The molecule has 1 rings (SSSR count). The highest BCUT2D eigenvalue weighted by Crippen LogP contribution is 2.12. The van der Waals surface area contributed by atoms with Gasteiger partial charge in [-0.15, -0.1) is 0 Å². The van der Waals surface area contributed by atoms with Gasteiger partial charge in [-0.1, -0.05) is 25.0 Å². The Hall–Kier alpha value is -0.300. The van der Waals surface area contributed by atoms with Crippen LogP contribution in [0, 0.1) is 0 Å². The molecule has 0 aromatic carbocycles. The molecule has 1 atom stereocenters. The van der Waals surface area contributed by atoms with E-state index in [4.69, 9.17) is 4.74 Å². The molecule has 0 aromatic heterocycles. The average molecular weight is 140 g/mol. The smallest absolute Gasteiger partial charge is 0.0752 e. The van der Waals surface area contributed by atoms with Crippen molar-refractivity contribution in [2.75, 3.05) is 7.11 Å². The topological polar surface area (TPSA) is 9.23 Å². The molecule has 1 unspecified atom stereocenters. The average Bonchev–Trinajstić information content (AvgIpc) is 1.87. The second-order valence-electron chi connectivity index (χ2n) is 2.84. The number of methoxy groups -OCH3 is 1. The first-order chi connectivity index (χ1) is 4.93. The molecule has 0 heterocycles. The highest BCUT2D eigenvalue weighted by Gasteiger charge is 2.03. The van der Waals surface area contributed by atoms with Crippen LogP contribution in [-0.4, -0.2) is 13.2 Å². The Bertz CT molecular complexity index is 107. The molecule has 1 nitrogen and oxygen atoms in total. The van der Waals surface area contributed by atoms with Crippen molar-refractivity contribution in [3.63, 3.8) is 0 Å². The summed E-state index contributed by atoms with van der Waals surface area (Å²) in [4.78, 5) is 0. The third-order valence-electron chi connectivity index (χ3n) is 2.01. The molecule has 0 saturated carbocycles. The van der Waals surface area contributed by atoms with Gasteiger partial charge in [0.1, 0.15) is 0 Å². The van der Waals surface area contributed by atoms with Crippen LogP contribution in [0.4, 0.5) is 0 Å². The fraction of sp³-hybridized carbons (Fsp3) is 0.778. The van der Waals surface area contributed by atoms with E-state index in [-0.39, 0.29) is 0 Å². The van der Waals surface area contributed by atoms with Crippen LogP contribution < -0.4 is 0 Å². The van der Waals surface area contributed by atoms with Crippen molar-refractivity contribution in [2.24, 2.45) is 0 Å². The third kappa shape index (κ3) is 2.53. The van der Waals surface area contributed by atoms with Gasteiger partial charge in [0.15, 0.2) is 0 Å². The van der Waals surface area contributed by atoms with Gasteiger partial charge in [-0.2, -0.15) is 0 Å². The van der Waals surface area contributed by atoms with Crippen molar-refractivity contribution in [1.29, 1.82) is 0 Å². The first-order valence-electron chi connectivity index (χ1n) is 4.13. The molecule has 10 heavy (non-hydrogen) atoms. The molecule has 0 radical (unpaired) electrons. The van der Waals surface area contributed by atoms with Crippen LogP contribution in [0.1, 0.15) is 32.1 Å². The van der Waals surface area contributed by atoms with Crippen LogP contribution in [0.3, 0.4) is 0 Å². The maximum atomic E-state index is 5.24. The molecule has 0 saturated heterocycles. The molecule has 0 spiro atoms. The van der Waals surface area contributed by atoms with E-state index in [0.29, 0.717) is 6.10 Å². The van der Waals surface area contributed by atoms with E-state index < -0.39 is 0 Å². The van der Waals surface area contributed by atoms with E-state index in [0.717, 1.165) is 0 Å². The summed E-state index contributed by atoms with van der Waals surface area (Å²) in [6.45, 7) is 0. The Morgan fingerprint density at radius 2 is 2.20 bits per heavy atom. The fourth-order valence-electron chi connectivity index (χ4n) is 1.33. The highest BCUT2D eigenvalue weighted by molar-refractivity contribution is 4.90. The number of hydrogen-bond donors (Lipinski definition) is 0. The van der Waals surface area contributed by atoms with Crippen molar-refractivity contribution in [2.45, 2.75) is 38.2 Å². The molecule has 1 aliphatic rings. The predicted molar refractivity (Wildman–Crippen MR) is 43.0 cm³/mol. The van der Waals surface area contributed by atoms with Gasteiger partial charge in [0.25, 0.3) is 0 Å². The summed E-state index contributed by atoms with van der Waals surface area (Å²) in [5.41, 5.74) is 0. The van der Waals surface area contributed by atoms with E-state index in [1.165, 1.54) is 32.1 Å². The molecule has 0 bridgehead atoms. The van der Waals surface area contributed by atoms with E-state index >= 15 is 0 Å². The standard InChI is InChI=1S/C9H16O/c1-10-9-7-5-3-2-4-6-8-9/h5,7,9H,2-4,6,8H2,1H3. The first kappa shape index (κ1) is 7.80. The van der Waals surface area contributed by atoms with Gasteiger partial charge in [-0.25, -0.2) is 0 Å². The Morgan fingerprint density at radius 1 is 1.30 bits per heavy atom. The third-order valence-corrected chi connectivity index (χ3v) is 2.01. The first-order valence-corrected chi connectivity index (χ1v) is 4.13. The van der Waals surface area contributed by atoms with Crippen LogP contribution in [0.2, 0.25) is 0 Å². The van der Waals surface area contributed by atoms with Gasteiger partial charge < -0.3 is 4.74 Å². The lowest BCUT2D eigenvalue weighted by Gasteiger charge is -2.12. The van der Waals surface area contributed by atoms with Crippen molar-refractivity contribution in [1.82, 2.24) is 0 Å². The zero-order chi connectivity index (χ0) is 7.23. The Morgan fingerprint density at radius 3 is 3.00 bits per heavy atom. The van der Waals surface area contributed by atoms with Crippen LogP contribution in [0.5, 0.6) is 0 Å². The van der Waals surface area contributed by atoms with Gasteiger partial charge in [0, 0.05) is 7.11 Å². The van der Waals surface area contributed by atoms with Gasteiger partial charge in [-0.05, 0) is 19.3 Å². The maximum absolute atomic E-state index is 5.24. The fourth-order valence-corrected chi connectivity index (χ4v) is 1.33. The van der Waals surface area contributed by atoms with Crippen molar-refractivity contribution >= 4 is 0 Å². The van der Waals surface area contributed by atoms with E-state index in [1.54, 1.807) is 7.11 Å². The summed E-state index contributed by atoms with van der Waals surface area (Å²) in [6.07, 6.45) is 11.3. The normalized spacial score (nSPS) is 27.5. The second-order valence-corrected chi connectivity index (χ2v) is 2.84. The van der Waals surface area contributed by atoms with Gasteiger partial charge in [0.2, 0.25) is 0 Å². The summed E-state index contributed by atoms with van der Waals surface area (Å²) in [7, 11) is 1.79. The number of hydrogen-bond acceptors (Lipinski definition) is 1. The second kappa shape index (κ2) is 4.51. The summed E-state index contributed by atoms with van der Waals surface area (Å²) in [6, 6.07) is 0. The Balaban J connectivity index is 2.33. The summed E-state index contributed by atoms with van der Waals surface area (Å²) in [5, 5.41) is 0. The minimum absolute atomic E-state index is 0.389. The van der Waals surface area contributed by atoms with E-state index in [9.17, 15) is 0 Å². The lowest BCUT2D eigenvalue weighted by molar-refractivity contribution is 0.129. The van der Waals surface area contributed by atoms with Gasteiger partial charge >= 0.3 is 0 Å². The number of ether oxygens (including phenoxy) is 1. The molecule has 1 heteroatoms. The predicted octanol–water partition coefficient (Wildman–Crippen LogP) is 2.52. The Labute approximate surface area is 63.1 Å². The molecule has 0 N–H and O–H groups in total. The molecule has 0 fully saturated rings. The maximum Gasteiger partial charge on any atom is 0.0752 e. The molecule has 0 aromatic rings. The van der Waals surface area contributed by atoms with Gasteiger partial charge in [-0.3, -0.25) is 0 Å².